The number of amides is 1. The molecule has 0 fully saturated rings. The molecular weight excluding hydrogens is 390 g/mol. The summed E-state index contributed by atoms with van der Waals surface area (Å²) < 4.78 is 5.46. The smallest absolute Gasteiger partial charge is 0.255 e. The van der Waals surface area contributed by atoms with Gasteiger partial charge in [0.1, 0.15) is 17.4 Å². The molecule has 7 nitrogen and oxygen atoms in total. The van der Waals surface area contributed by atoms with Crippen molar-refractivity contribution in [2.45, 2.75) is 0 Å². The molecule has 2 aromatic heterocycles. The molecule has 7 heteroatoms. The highest BCUT2D eigenvalue weighted by Gasteiger charge is 2.14. The maximum absolute atomic E-state index is 12.9. The highest BCUT2D eigenvalue weighted by Crippen LogP contribution is 2.29. The van der Waals surface area contributed by atoms with E-state index in [4.69, 9.17) is 4.74 Å². The van der Waals surface area contributed by atoms with Crippen LogP contribution in [-0.4, -0.2) is 33.0 Å². The fraction of sp³-hybridized carbons (Fsp3) is 0.0417. The van der Waals surface area contributed by atoms with Gasteiger partial charge in [0.15, 0.2) is 0 Å². The summed E-state index contributed by atoms with van der Waals surface area (Å²) in [6.45, 7) is 0. The maximum atomic E-state index is 12.9. The largest absolute Gasteiger partial charge is 0.496 e. The summed E-state index contributed by atoms with van der Waals surface area (Å²) in [5.74, 6) is 1.77. The molecule has 152 valence electrons. The van der Waals surface area contributed by atoms with Crippen molar-refractivity contribution in [2.24, 2.45) is 0 Å². The third-order valence-electron chi connectivity index (χ3n) is 5.00. The number of aromatic nitrogens is 4. The van der Waals surface area contributed by atoms with Crippen LogP contribution in [0.15, 0.2) is 79.1 Å². The van der Waals surface area contributed by atoms with E-state index >= 15 is 0 Å². The van der Waals surface area contributed by atoms with Gasteiger partial charge >= 0.3 is 0 Å². The third-order valence-corrected chi connectivity index (χ3v) is 5.00. The zero-order valence-electron chi connectivity index (χ0n) is 16.7. The molecule has 0 saturated carbocycles. The Morgan fingerprint density at radius 2 is 1.90 bits per heavy atom. The maximum Gasteiger partial charge on any atom is 0.255 e. The lowest BCUT2D eigenvalue weighted by Crippen LogP contribution is -2.12. The van der Waals surface area contributed by atoms with Crippen molar-refractivity contribution in [2.75, 3.05) is 12.4 Å². The first-order valence-corrected chi connectivity index (χ1v) is 9.75. The third kappa shape index (κ3) is 3.64. The van der Waals surface area contributed by atoms with Crippen molar-refractivity contribution in [1.82, 2.24) is 19.9 Å². The van der Waals surface area contributed by atoms with Gasteiger partial charge in [-0.25, -0.2) is 9.97 Å². The minimum atomic E-state index is -0.231. The first-order chi connectivity index (χ1) is 15.2. The van der Waals surface area contributed by atoms with Crippen LogP contribution in [0, 0.1) is 0 Å². The van der Waals surface area contributed by atoms with Crippen LogP contribution in [0.4, 0.5) is 5.69 Å². The molecule has 0 spiro atoms. The Kier molecular flexibility index (Phi) is 4.68. The van der Waals surface area contributed by atoms with Gasteiger partial charge in [-0.15, -0.1) is 0 Å². The number of ether oxygens (including phenoxy) is 1. The summed E-state index contributed by atoms with van der Waals surface area (Å²) in [7, 11) is 1.57. The Balaban J connectivity index is 1.40. The van der Waals surface area contributed by atoms with E-state index in [2.05, 4.69) is 25.3 Å². The molecule has 0 aliphatic rings. The SMILES string of the molecule is COc1cc(C(=O)Nc2cccc(-c3nc4ccccc4[nH]3)c2)ccc1-c1ncc[nH]1. The van der Waals surface area contributed by atoms with E-state index in [1.165, 1.54) is 0 Å². The highest BCUT2D eigenvalue weighted by atomic mass is 16.5. The van der Waals surface area contributed by atoms with Crippen LogP contribution >= 0.6 is 0 Å². The topological polar surface area (TPSA) is 95.7 Å². The number of para-hydroxylation sites is 2. The van der Waals surface area contributed by atoms with Crippen molar-refractivity contribution in [3.8, 4) is 28.5 Å². The molecule has 3 aromatic carbocycles. The predicted octanol–water partition coefficient (Wildman–Crippen LogP) is 4.88. The summed E-state index contributed by atoms with van der Waals surface area (Å²) in [6, 6.07) is 20.7. The fourth-order valence-corrected chi connectivity index (χ4v) is 3.48. The molecule has 3 N–H and O–H groups in total. The average Bonchev–Trinajstić information content (AvgIpc) is 3.49. The van der Waals surface area contributed by atoms with E-state index in [0.717, 1.165) is 28.0 Å². The monoisotopic (exact) mass is 409 g/mol. The molecule has 1 amide bonds. The number of carbonyl (C=O) groups excluding carboxylic acids is 1. The zero-order valence-corrected chi connectivity index (χ0v) is 16.7. The Hall–Kier alpha value is -4.39. The molecule has 0 radical (unpaired) electrons. The lowest BCUT2D eigenvalue weighted by Gasteiger charge is -2.10. The van der Waals surface area contributed by atoms with Gasteiger partial charge < -0.3 is 20.0 Å². The molecule has 2 heterocycles. The van der Waals surface area contributed by atoms with Gasteiger partial charge in [-0.1, -0.05) is 24.3 Å². The van der Waals surface area contributed by atoms with Crippen LogP contribution in [0.5, 0.6) is 5.75 Å². The molecule has 31 heavy (non-hydrogen) atoms. The Bertz CT molecular complexity index is 1340. The highest BCUT2D eigenvalue weighted by molar-refractivity contribution is 6.05. The van der Waals surface area contributed by atoms with E-state index in [9.17, 15) is 4.79 Å². The van der Waals surface area contributed by atoms with Crippen LogP contribution in [0.2, 0.25) is 0 Å². The number of aromatic amines is 2. The molecule has 0 aliphatic heterocycles. The van der Waals surface area contributed by atoms with Crippen molar-refractivity contribution in [3.63, 3.8) is 0 Å². The van der Waals surface area contributed by atoms with E-state index in [1.54, 1.807) is 31.6 Å². The van der Waals surface area contributed by atoms with Gasteiger partial charge in [-0.3, -0.25) is 4.79 Å². The number of carbonyl (C=O) groups is 1. The van der Waals surface area contributed by atoms with E-state index in [0.29, 0.717) is 22.8 Å². The van der Waals surface area contributed by atoms with Crippen LogP contribution in [0.3, 0.4) is 0 Å². The number of fused-ring (bicyclic) bond motifs is 1. The van der Waals surface area contributed by atoms with Crippen molar-refractivity contribution < 1.29 is 9.53 Å². The lowest BCUT2D eigenvalue weighted by atomic mass is 10.1. The molecule has 0 aliphatic carbocycles. The van der Waals surface area contributed by atoms with Crippen LogP contribution in [-0.2, 0) is 0 Å². The number of benzene rings is 3. The number of imidazole rings is 2. The molecule has 5 rings (SSSR count). The first-order valence-electron chi connectivity index (χ1n) is 9.75. The molecule has 0 atom stereocenters. The first kappa shape index (κ1) is 18.6. The zero-order chi connectivity index (χ0) is 21.2. The van der Waals surface area contributed by atoms with Crippen LogP contribution in [0.25, 0.3) is 33.8 Å². The lowest BCUT2D eigenvalue weighted by molar-refractivity contribution is 0.102. The summed E-state index contributed by atoms with van der Waals surface area (Å²) in [6.07, 6.45) is 3.41. The molecular formula is C24H19N5O2. The van der Waals surface area contributed by atoms with Gasteiger partial charge in [0.2, 0.25) is 0 Å². The van der Waals surface area contributed by atoms with Gasteiger partial charge in [-0.2, -0.15) is 0 Å². The van der Waals surface area contributed by atoms with Crippen molar-refractivity contribution >= 4 is 22.6 Å². The van der Waals surface area contributed by atoms with Gasteiger partial charge in [-0.05, 0) is 42.5 Å². The standard InChI is InChI=1S/C24H19N5O2/c1-31-21-14-16(9-10-18(21)23-25-11-12-26-23)24(30)27-17-6-4-5-15(13-17)22-28-19-7-2-3-8-20(19)29-22/h2-14H,1H3,(H,25,26)(H,27,30)(H,28,29). The number of anilines is 1. The van der Waals surface area contributed by atoms with E-state index in [1.807, 2.05) is 54.6 Å². The minimum absolute atomic E-state index is 0.231. The van der Waals surface area contributed by atoms with Crippen LogP contribution < -0.4 is 10.1 Å². The van der Waals surface area contributed by atoms with E-state index < -0.39 is 0 Å². The van der Waals surface area contributed by atoms with Crippen molar-refractivity contribution in [3.05, 3.63) is 84.7 Å². The second-order valence-electron chi connectivity index (χ2n) is 6.99. The Labute approximate surface area is 178 Å². The number of methoxy groups -OCH3 is 1. The minimum Gasteiger partial charge on any atom is -0.496 e. The van der Waals surface area contributed by atoms with Gasteiger partial charge in [0.25, 0.3) is 5.91 Å². The Morgan fingerprint density at radius 3 is 2.71 bits per heavy atom. The molecule has 0 saturated heterocycles. The fourth-order valence-electron chi connectivity index (χ4n) is 3.48. The second-order valence-corrected chi connectivity index (χ2v) is 6.99. The summed E-state index contributed by atoms with van der Waals surface area (Å²) in [5, 5.41) is 2.95. The summed E-state index contributed by atoms with van der Waals surface area (Å²) in [5.41, 5.74) is 4.71. The number of hydrogen-bond acceptors (Lipinski definition) is 4. The molecule has 0 bridgehead atoms. The second kappa shape index (κ2) is 7.79. The predicted molar refractivity (Wildman–Crippen MR) is 120 cm³/mol. The van der Waals surface area contributed by atoms with Crippen LogP contribution in [0.1, 0.15) is 10.4 Å². The normalized spacial score (nSPS) is 10.9. The quantitative estimate of drug-likeness (QED) is 0.385. The average molecular weight is 409 g/mol. The number of rotatable bonds is 5. The van der Waals surface area contributed by atoms with Gasteiger partial charge in [0, 0.05) is 29.2 Å². The number of nitrogens with one attached hydrogen (secondary N) is 3. The number of hydrogen-bond donors (Lipinski definition) is 3. The number of nitrogens with zero attached hydrogens (tertiary/aromatic N) is 2. The molecule has 5 aromatic rings. The molecule has 0 unspecified atom stereocenters. The van der Waals surface area contributed by atoms with E-state index in [-0.39, 0.29) is 5.91 Å². The van der Waals surface area contributed by atoms with Gasteiger partial charge in [0.05, 0.1) is 23.7 Å². The Morgan fingerprint density at radius 1 is 1.00 bits per heavy atom. The summed E-state index contributed by atoms with van der Waals surface area (Å²) in [4.78, 5) is 28.1. The van der Waals surface area contributed by atoms with Crippen molar-refractivity contribution in [1.29, 1.82) is 0 Å². The summed E-state index contributed by atoms with van der Waals surface area (Å²) >= 11 is 0. The number of H-pyrrole nitrogens is 2.